The molecular weight excluding hydrogens is 707 g/mol. The minimum Gasteiger partial charge on any atom is -0.508 e. The molecule has 0 saturated carbocycles. The number of benzene rings is 5. The molecule has 0 aliphatic heterocycles. The Hall–Kier alpha value is -5.77. The molecule has 292 valence electrons. The van der Waals surface area contributed by atoms with E-state index in [1.54, 1.807) is 49.6 Å². The third-order valence-corrected chi connectivity index (χ3v) is 10.9. The fourth-order valence-corrected chi connectivity index (χ4v) is 8.06. The number of aryl methyl sites for hydroxylation is 1. The molecule has 3 unspecified atom stereocenters. The highest BCUT2D eigenvalue weighted by Gasteiger charge is 2.30. The van der Waals surface area contributed by atoms with Gasteiger partial charge in [0.15, 0.2) is 23.0 Å². The van der Waals surface area contributed by atoms with Crippen molar-refractivity contribution in [1.82, 2.24) is 4.98 Å². The molecule has 0 radical (unpaired) electrons. The highest BCUT2D eigenvalue weighted by molar-refractivity contribution is 5.90. The molecule has 6 N–H and O–H groups in total. The van der Waals surface area contributed by atoms with Gasteiger partial charge in [-0.25, -0.2) is 0 Å². The van der Waals surface area contributed by atoms with Crippen molar-refractivity contribution >= 4 is 16.6 Å². The normalized spacial score (nSPS) is 13.0. The van der Waals surface area contributed by atoms with Crippen LogP contribution in [0.25, 0.3) is 10.8 Å². The van der Waals surface area contributed by atoms with Gasteiger partial charge in [0.2, 0.25) is 0 Å². The summed E-state index contributed by atoms with van der Waals surface area (Å²) in [5.41, 5.74) is 7.31. The molecule has 56 heavy (non-hydrogen) atoms. The Kier molecular flexibility index (Phi) is 13.0. The molecule has 3 atom stereocenters. The van der Waals surface area contributed by atoms with Crippen LogP contribution in [0.1, 0.15) is 63.8 Å². The van der Waals surface area contributed by atoms with Crippen molar-refractivity contribution in [3.63, 3.8) is 0 Å². The van der Waals surface area contributed by atoms with Gasteiger partial charge in [-0.15, -0.1) is 0 Å². The van der Waals surface area contributed by atoms with Gasteiger partial charge in [0.25, 0.3) is 0 Å². The van der Waals surface area contributed by atoms with Gasteiger partial charge < -0.3 is 40.0 Å². The molecule has 0 fully saturated rings. The lowest BCUT2D eigenvalue weighted by atomic mass is 9.80. The quantitative estimate of drug-likeness (QED) is 0.0521. The molecule has 0 amide bonds. The Morgan fingerprint density at radius 2 is 1.55 bits per heavy atom. The summed E-state index contributed by atoms with van der Waals surface area (Å²) in [6.45, 7) is 2.13. The van der Waals surface area contributed by atoms with Gasteiger partial charge >= 0.3 is 0 Å². The molecule has 5 aromatic carbocycles. The van der Waals surface area contributed by atoms with Crippen molar-refractivity contribution in [1.29, 1.82) is 0 Å². The van der Waals surface area contributed by atoms with Crippen LogP contribution in [-0.2, 0) is 43.3 Å². The van der Waals surface area contributed by atoms with Gasteiger partial charge in [-0.2, -0.15) is 0 Å². The van der Waals surface area contributed by atoms with Crippen molar-refractivity contribution in [3.8, 4) is 28.7 Å². The first-order valence-corrected chi connectivity index (χ1v) is 19.1. The lowest BCUT2D eigenvalue weighted by Crippen LogP contribution is -2.30. The number of carbonyl (C=O) groups excluding carboxylic acids is 1. The third kappa shape index (κ3) is 9.02. The summed E-state index contributed by atoms with van der Waals surface area (Å²) in [7, 11) is 3.01. The third-order valence-electron chi connectivity index (χ3n) is 10.9. The van der Waals surface area contributed by atoms with Gasteiger partial charge in [-0.3, -0.25) is 4.79 Å². The number of aromatic hydroxyl groups is 3. The Morgan fingerprint density at radius 3 is 2.27 bits per heavy atom. The van der Waals surface area contributed by atoms with Crippen LogP contribution in [0.15, 0.2) is 103 Å². The van der Waals surface area contributed by atoms with Crippen molar-refractivity contribution in [3.05, 3.63) is 148 Å². The summed E-state index contributed by atoms with van der Waals surface area (Å²) < 4.78 is 11.2. The Balaban J connectivity index is 1.37. The molecule has 9 nitrogen and oxygen atoms in total. The van der Waals surface area contributed by atoms with E-state index in [2.05, 4.69) is 30.1 Å². The summed E-state index contributed by atoms with van der Waals surface area (Å²) in [6.07, 6.45) is 5.36. The number of ketones is 1. The van der Waals surface area contributed by atoms with Gasteiger partial charge in [0.05, 0.1) is 20.3 Å². The molecule has 1 heterocycles. The van der Waals surface area contributed by atoms with Gasteiger partial charge in [-0.05, 0) is 124 Å². The largest absolute Gasteiger partial charge is 0.508 e. The SMILES string of the molecule is CCc1ccc2cccc(CCO)c2c1Cc1c(CC(Cc2cc[nH]c2)C(O)CC(=O)C(Cc2ccc(O)c(OC)c2)c2cccc(O)c2)ccc(O)c1OC. The van der Waals surface area contributed by atoms with Crippen LogP contribution in [-0.4, -0.2) is 63.2 Å². The number of phenols is 3. The molecule has 6 rings (SSSR count). The number of nitrogens with one attached hydrogen (secondary N) is 1. The number of aromatic amines is 1. The maximum atomic E-state index is 14.4. The van der Waals surface area contributed by atoms with Crippen molar-refractivity contribution in [2.45, 2.75) is 63.9 Å². The number of methoxy groups -OCH3 is 2. The van der Waals surface area contributed by atoms with E-state index in [0.29, 0.717) is 37.0 Å². The molecule has 0 spiro atoms. The van der Waals surface area contributed by atoms with E-state index in [1.807, 2.05) is 36.7 Å². The van der Waals surface area contributed by atoms with Gasteiger partial charge in [0.1, 0.15) is 11.5 Å². The Morgan fingerprint density at radius 1 is 0.768 bits per heavy atom. The average Bonchev–Trinajstić information content (AvgIpc) is 3.71. The van der Waals surface area contributed by atoms with Crippen LogP contribution in [0.4, 0.5) is 0 Å². The number of hydrogen-bond acceptors (Lipinski definition) is 8. The molecule has 6 aromatic rings. The molecule has 1 aromatic heterocycles. The standard InChI is InChI=1S/C47H51NO8/c1-4-31-12-13-32-7-5-8-33(18-20-49)46(32)39(31)26-40-35(14-16-42(52)47(40)56-3)24-36(21-30-17-19-48-28-30)43(53)27-44(54)38(34-9-6-10-37(50)25-34)22-29-11-15-41(51)45(23-29)55-2/h5-17,19,23,25,28,36,38,43,48-53H,4,18,20-22,24,26-27H2,1-3H3. The number of phenolic OH excluding ortho intramolecular Hbond substituents is 3. The minimum atomic E-state index is -1.06. The minimum absolute atomic E-state index is 0.0119. The van der Waals surface area contributed by atoms with Crippen LogP contribution in [0.3, 0.4) is 0 Å². The number of fused-ring (bicyclic) bond motifs is 1. The fourth-order valence-electron chi connectivity index (χ4n) is 8.06. The molecule has 0 bridgehead atoms. The van der Waals surface area contributed by atoms with Crippen LogP contribution in [0.5, 0.6) is 28.7 Å². The number of rotatable bonds is 18. The highest BCUT2D eigenvalue weighted by Crippen LogP contribution is 2.39. The lowest BCUT2D eigenvalue weighted by Gasteiger charge is -2.27. The predicted octanol–water partition coefficient (Wildman–Crippen LogP) is 7.74. The summed E-state index contributed by atoms with van der Waals surface area (Å²) >= 11 is 0. The second-order valence-corrected chi connectivity index (χ2v) is 14.5. The zero-order chi connectivity index (χ0) is 39.8. The fraction of sp³-hybridized carbons (Fsp3) is 0.298. The number of aromatic nitrogens is 1. The van der Waals surface area contributed by atoms with E-state index in [4.69, 9.17) is 9.47 Å². The predicted molar refractivity (Wildman–Crippen MR) is 218 cm³/mol. The second kappa shape index (κ2) is 18.2. The van der Waals surface area contributed by atoms with E-state index in [0.717, 1.165) is 56.1 Å². The first kappa shape index (κ1) is 39.9. The molecule has 0 aliphatic carbocycles. The second-order valence-electron chi connectivity index (χ2n) is 14.5. The van der Waals surface area contributed by atoms with E-state index in [9.17, 15) is 30.3 Å². The zero-order valence-electron chi connectivity index (χ0n) is 32.2. The van der Waals surface area contributed by atoms with Crippen LogP contribution >= 0.6 is 0 Å². The number of aliphatic hydroxyl groups excluding tert-OH is 2. The highest BCUT2D eigenvalue weighted by atomic mass is 16.5. The summed E-state index contributed by atoms with van der Waals surface area (Å²) in [5, 5.41) is 55.9. The van der Waals surface area contributed by atoms with E-state index >= 15 is 0 Å². The van der Waals surface area contributed by atoms with E-state index in [1.165, 1.54) is 13.2 Å². The number of hydrogen-bond donors (Lipinski definition) is 6. The molecule has 0 saturated heterocycles. The van der Waals surface area contributed by atoms with Gasteiger partial charge in [0, 0.05) is 43.3 Å². The summed E-state index contributed by atoms with van der Waals surface area (Å²) in [4.78, 5) is 17.5. The van der Waals surface area contributed by atoms with Crippen LogP contribution in [0.2, 0.25) is 0 Å². The monoisotopic (exact) mass is 757 g/mol. The maximum Gasteiger partial charge on any atom is 0.164 e. The first-order chi connectivity index (χ1) is 27.1. The van der Waals surface area contributed by atoms with E-state index in [-0.39, 0.29) is 48.2 Å². The Bertz CT molecular complexity index is 2260. The van der Waals surface area contributed by atoms with E-state index < -0.39 is 17.9 Å². The molecule has 9 heteroatoms. The average molecular weight is 758 g/mol. The topological polar surface area (TPSA) is 152 Å². The number of Topliss-reactive ketones (excluding diaryl/α,β-unsaturated/α-hetero) is 1. The smallest absolute Gasteiger partial charge is 0.164 e. The lowest BCUT2D eigenvalue weighted by molar-refractivity contribution is -0.123. The van der Waals surface area contributed by atoms with Gasteiger partial charge in [-0.1, -0.05) is 61.5 Å². The van der Waals surface area contributed by atoms with Crippen LogP contribution in [0, 0.1) is 5.92 Å². The number of ether oxygens (including phenoxy) is 2. The number of carbonyl (C=O) groups is 1. The number of aliphatic hydroxyl groups is 2. The zero-order valence-corrected chi connectivity index (χ0v) is 32.2. The van der Waals surface area contributed by atoms with Crippen molar-refractivity contribution in [2.24, 2.45) is 5.92 Å². The molecule has 0 aliphatic rings. The maximum absolute atomic E-state index is 14.4. The molecular formula is C47H51NO8. The summed E-state index contributed by atoms with van der Waals surface area (Å²) in [5.74, 6) is -0.628. The number of H-pyrrole nitrogens is 1. The summed E-state index contributed by atoms with van der Waals surface area (Å²) in [6, 6.07) is 27.4. The van der Waals surface area contributed by atoms with Crippen molar-refractivity contribution < 1.29 is 39.8 Å². The first-order valence-electron chi connectivity index (χ1n) is 19.1. The van der Waals surface area contributed by atoms with Crippen molar-refractivity contribution in [2.75, 3.05) is 20.8 Å². The Labute approximate surface area is 327 Å². The van der Waals surface area contributed by atoms with Crippen LogP contribution < -0.4 is 9.47 Å².